The predicted octanol–water partition coefficient (Wildman–Crippen LogP) is 3.90. The Kier molecular flexibility index (Phi) is 7.74. The highest BCUT2D eigenvalue weighted by atomic mass is 32.1. The van der Waals surface area contributed by atoms with E-state index in [-0.39, 0.29) is 12.2 Å². The summed E-state index contributed by atoms with van der Waals surface area (Å²) in [6.07, 6.45) is 1.81. The van der Waals surface area contributed by atoms with Crippen molar-refractivity contribution in [1.29, 1.82) is 0 Å². The van der Waals surface area contributed by atoms with Crippen molar-refractivity contribution in [3.05, 3.63) is 90.1 Å². The van der Waals surface area contributed by atoms with E-state index in [1.165, 1.54) is 11.3 Å². The standard InChI is InChI=1S/C28H30N2O5S/c1-6-33-21-14-13-20(22(16-21)34-7-2)15-23-26(31)30-25(19-11-9-17(4)10-12-19)24(27(32)35-8-3)18(5)29-28(30)36-23/h9-16,25H,6-8H2,1-5H3/b23-15+/t25-/m1/s1. The average molecular weight is 507 g/mol. The highest BCUT2D eigenvalue weighted by Crippen LogP contribution is 2.31. The van der Waals surface area contributed by atoms with Crippen molar-refractivity contribution >= 4 is 23.4 Å². The van der Waals surface area contributed by atoms with Crippen LogP contribution >= 0.6 is 11.3 Å². The number of carbonyl (C=O) groups excluding carboxylic acids is 1. The first-order valence-corrected chi connectivity index (χ1v) is 12.8. The van der Waals surface area contributed by atoms with Crippen LogP contribution < -0.4 is 24.4 Å². The fourth-order valence-corrected chi connectivity index (χ4v) is 5.21. The molecule has 36 heavy (non-hydrogen) atoms. The lowest BCUT2D eigenvalue weighted by Gasteiger charge is -2.24. The summed E-state index contributed by atoms with van der Waals surface area (Å²) in [4.78, 5) is 31.9. The number of benzene rings is 2. The monoisotopic (exact) mass is 506 g/mol. The molecule has 1 aliphatic heterocycles. The second kappa shape index (κ2) is 11.0. The van der Waals surface area contributed by atoms with Gasteiger partial charge < -0.3 is 14.2 Å². The number of aryl methyl sites for hydroxylation is 1. The Balaban J connectivity index is 1.91. The number of hydrogen-bond donors (Lipinski definition) is 0. The van der Waals surface area contributed by atoms with Crippen molar-refractivity contribution < 1.29 is 19.0 Å². The van der Waals surface area contributed by atoms with Gasteiger partial charge in [0.1, 0.15) is 11.5 Å². The quantitative estimate of drug-likeness (QED) is 0.433. The second-order valence-corrected chi connectivity index (χ2v) is 9.29. The molecule has 1 atom stereocenters. The van der Waals surface area contributed by atoms with E-state index in [2.05, 4.69) is 4.99 Å². The Morgan fingerprint density at radius 2 is 1.75 bits per heavy atom. The maximum absolute atomic E-state index is 13.8. The van der Waals surface area contributed by atoms with E-state index in [9.17, 15) is 9.59 Å². The molecule has 8 heteroatoms. The molecule has 0 radical (unpaired) electrons. The fraction of sp³-hybridized carbons (Fsp3) is 0.321. The summed E-state index contributed by atoms with van der Waals surface area (Å²) in [5.74, 6) is 0.866. The topological polar surface area (TPSA) is 79.1 Å². The van der Waals surface area contributed by atoms with Gasteiger partial charge in [-0.2, -0.15) is 0 Å². The van der Waals surface area contributed by atoms with Crippen molar-refractivity contribution in [3.63, 3.8) is 0 Å². The van der Waals surface area contributed by atoms with Gasteiger partial charge in [0.15, 0.2) is 4.80 Å². The normalized spacial score (nSPS) is 15.4. The van der Waals surface area contributed by atoms with Crippen LogP contribution in [0.1, 0.15) is 50.4 Å². The molecule has 0 aliphatic carbocycles. The van der Waals surface area contributed by atoms with Gasteiger partial charge in [-0.05, 0) is 58.4 Å². The summed E-state index contributed by atoms with van der Waals surface area (Å²) < 4.78 is 18.9. The molecule has 4 rings (SSSR count). The number of hydrogen-bond acceptors (Lipinski definition) is 7. The largest absolute Gasteiger partial charge is 0.494 e. The number of ether oxygens (including phenoxy) is 3. The molecule has 3 aromatic rings. The molecule has 1 aromatic heterocycles. The smallest absolute Gasteiger partial charge is 0.338 e. The summed E-state index contributed by atoms with van der Waals surface area (Å²) in [7, 11) is 0. The molecule has 1 aliphatic rings. The van der Waals surface area contributed by atoms with Gasteiger partial charge in [0, 0.05) is 11.6 Å². The van der Waals surface area contributed by atoms with E-state index in [1.807, 2.05) is 63.2 Å². The number of nitrogens with zero attached hydrogens (tertiary/aromatic N) is 2. The number of allylic oxidation sites excluding steroid dienone is 1. The number of thiazole rings is 1. The minimum atomic E-state index is -0.630. The van der Waals surface area contributed by atoms with Crippen molar-refractivity contribution in [2.45, 2.75) is 40.7 Å². The molecule has 0 saturated heterocycles. The van der Waals surface area contributed by atoms with E-state index >= 15 is 0 Å². The molecule has 0 amide bonds. The molecule has 0 bridgehead atoms. The maximum Gasteiger partial charge on any atom is 0.338 e. The lowest BCUT2D eigenvalue weighted by molar-refractivity contribution is -0.139. The first kappa shape index (κ1) is 25.4. The molecule has 188 valence electrons. The Labute approximate surface area is 214 Å². The lowest BCUT2D eigenvalue weighted by atomic mass is 9.95. The third-order valence-electron chi connectivity index (χ3n) is 5.79. The molecule has 2 aromatic carbocycles. The maximum atomic E-state index is 13.8. The van der Waals surface area contributed by atoms with Gasteiger partial charge in [-0.25, -0.2) is 9.79 Å². The lowest BCUT2D eigenvalue weighted by Crippen LogP contribution is -2.39. The van der Waals surface area contributed by atoms with Gasteiger partial charge in [-0.3, -0.25) is 9.36 Å². The van der Waals surface area contributed by atoms with Crippen LogP contribution in [0, 0.1) is 6.92 Å². The minimum Gasteiger partial charge on any atom is -0.494 e. The average Bonchev–Trinajstić information content (AvgIpc) is 3.15. The zero-order valence-corrected chi connectivity index (χ0v) is 22.0. The van der Waals surface area contributed by atoms with Crippen LogP contribution in [0.25, 0.3) is 6.08 Å². The second-order valence-electron chi connectivity index (χ2n) is 8.28. The molecule has 7 nitrogen and oxygen atoms in total. The first-order valence-electron chi connectivity index (χ1n) is 12.0. The predicted molar refractivity (Wildman–Crippen MR) is 140 cm³/mol. The number of carbonyl (C=O) groups is 1. The SMILES string of the molecule is CCOC(=O)C1=C(C)N=c2s/c(=C/c3ccc(OCC)cc3OCC)c(=O)n2[C@@H]1c1ccc(C)cc1. The van der Waals surface area contributed by atoms with Gasteiger partial charge in [0.25, 0.3) is 5.56 Å². The van der Waals surface area contributed by atoms with Crippen LogP contribution in [-0.2, 0) is 9.53 Å². The van der Waals surface area contributed by atoms with E-state index in [0.717, 1.165) is 16.7 Å². The van der Waals surface area contributed by atoms with Gasteiger partial charge in [0.05, 0.1) is 41.7 Å². The third kappa shape index (κ3) is 4.99. The molecule has 0 fully saturated rings. The first-order chi connectivity index (χ1) is 17.4. The number of aromatic nitrogens is 1. The number of fused-ring (bicyclic) bond motifs is 1. The van der Waals surface area contributed by atoms with Crippen LogP contribution in [0.3, 0.4) is 0 Å². The molecule has 0 saturated carbocycles. The Bertz CT molecular complexity index is 1480. The van der Waals surface area contributed by atoms with E-state index < -0.39 is 12.0 Å². The zero-order chi connectivity index (χ0) is 25.8. The summed E-state index contributed by atoms with van der Waals surface area (Å²) in [6, 6.07) is 12.7. The van der Waals surface area contributed by atoms with Crippen molar-refractivity contribution in [3.8, 4) is 11.5 Å². The fourth-order valence-electron chi connectivity index (χ4n) is 4.17. The van der Waals surface area contributed by atoms with Gasteiger partial charge in [-0.15, -0.1) is 0 Å². The molecule has 2 heterocycles. The summed E-state index contributed by atoms with van der Waals surface area (Å²) >= 11 is 1.29. The Morgan fingerprint density at radius 3 is 2.42 bits per heavy atom. The molecule has 0 spiro atoms. The van der Waals surface area contributed by atoms with Crippen LogP contribution in [0.2, 0.25) is 0 Å². The number of esters is 1. The number of rotatable bonds is 8. The molecule has 0 N–H and O–H groups in total. The highest BCUT2D eigenvalue weighted by Gasteiger charge is 2.33. The Morgan fingerprint density at radius 1 is 1.03 bits per heavy atom. The Hall–Kier alpha value is -3.65. The highest BCUT2D eigenvalue weighted by molar-refractivity contribution is 7.07. The van der Waals surface area contributed by atoms with Crippen molar-refractivity contribution in [2.24, 2.45) is 4.99 Å². The van der Waals surface area contributed by atoms with Crippen molar-refractivity contribution in [1.82, 2.24) is 4.57 Å². The van der Waals surface area contributed by atoms with E-state index in [0.29, 0.717) is 45.3 Å². The summed E-state index contributed by atoms with van der Waals surface area (Å²) in [5, 5.41) is 0. The minimum absolute atomic E-state index is 0.227. The summed E-state index contributed by atoms with van der Waals surface area (Å²) in [6.45, 7) is 10.6. The van der Waals surface area contributed by atoms with E-state index in [1.54, 1.807) is 24.5 Å². The molecular weight excluding hydrogens is 476 g/mol. The van der Waals surface area contributed by atoms with Crippen LogP contribution in [0.5, 0.6) is 11.5 Å². The van der Waals surface area contributed by atoms with Gasteiger partial charge in [0.2, 0.25) is 0 Å². The van der Waals surface area contributed by atoms with Crippen LogP contribution in [0.4, 0.5) is 0 Å². The van der Waals surface area contributed by atoms with Gasteiger partial charge in [-0.1, -0.05) is 41.2 Å². The zero-order valence-electron chi connectivity index (χ0n) is 21.2. The third-order valence-corrected chi connectivity index (χ3v) is 6.78. The molecule has 0 unspecified atom stereocenters. The van der Waals surface area contributed by atoms with E-state index in [4.69, 9.17) is 14.2 Å². The van der Waals surface area contributed by atoms with Crippen LogP contribution in [0.15, 0.2) is 63.5 Å². The molecular formula is C28H30N2O5S. The summed E-state index contributed by atoms with van der Waals surface area (Å²) in [5.41, 5.74) is 3.36. The van der Waals surface area contributed by atoms with Gasteiger partial charge >= 0.3 is 5.97 Å². The van der Waals surface area contributed by atoms with Crippen molar-refractivity contribution in [2.75, 3.05) is 19.8 Å². The van der Waals surface area contributed by atoms with Crippen LogP contribution in [-0.4, -0.2) is 30.4 Å².